The minimum absolute atomic E-state index is 0.113. The highest BCUT2D eigenvalue weighted by Crippen LogP contribution is 2.27. The van der Waals surface area contributed by atoms with Crippen molar-refractivity contribution in [2.75, 3.05) is 13.7 Å². The molecule has 0 unspecified atom stereocenters. The summed E-state index contributed by atoms with van der Waals surface area (Å²) in [5.41, 5.74) is 3.57. The lowest BCUT2D eigenvalue weighted by atomic mass is 10.1. The topological polar surface area (TPSA) is 103 Å². The van der Waals surface area contributed by atoms with E-state index in [1.807, 2.05) is 6.92 Å². The van der Waals surface area contributed by atoms with Gasteiger partial charge in [0, 0.05) is 17.2 Å². The molecule has 0 aliphatic heterocycles. The Morgan fingerprint density at radius 2 is 2.04 bits per heavy atom. The predicted molar refractivity (Wildman–Crippen MR) is 97.1 cm³/mol. The molecule has 8 nitrogen and oxygen atoms in total. The molecule has 0 saturated heterocycles. The van der Waals surface area contributed by atoms with Crippen LogP contribution in [0.5, 0.6) is 11.5 Å². The maximum Gasteiger partial charge on any atom is 0.273 e. The Hall–Kier alpha value is -3.42. The number of methoxy groups -OCH3 is 1. The molecule has 136 valence electrons. The second kappa shape index (κ2) is 8.61. The molecule has 0 heterocycles. The van der Waals surface area contributed by atoms with Crippen molar-refractivity contribution in [3.63, 3.8) is 0 Å². The molecule has 8 heteroatoms. The first-order chi connectivity index (χ1) is 12.5. The van der Waals surface area contributed by atoms with Crippen LogP contribution in [0.2, 0.25) is 0 Å². The summed E-state index contributed by atoms with van der Waals surface area (Å²) in [5, 5.41) is 14.8. The minimum Gasteiger partial charge on any atom is -0.493 e. The number of nitrogens with zero attached hydrogens (tertiary/aromatic N) is 2. The van der Waals surface area contributed by atoms with Crippen molar-refractivity contribution < 1.29 is 19.2 Å². The number of amides is 1. The monoisotopic (exact) mass is 357 g/mol. The van der Waals surface area contributed by atoms with Crippen molar-refractivity contribution >= 4 is 17.8 Å². The molecule has 0 spiro atoms. The van der Waals surface area contributed by atoms with Gasteiger partial charge in [0.15, 0.2) is 11.5 Å². The summed E-state index contributed by atoms with van der Waals surface area (Å²) in [4.78, 5) is 22.5. The van der Waals surface area contributed by atoms with Gasteiger partial charge < -0.3 is 9.47 Å². The summed E-state index contributed by atoms with van der Waals surface area (Å²) in [6.45, 7) is 4.00. The molecule has 0 aliphatic carbocycles. The van der Waals surface area contributed by atoms with Crippen LogP contribution in [0.15, 0.2) is 41.5 Å². The molecule has 0 fully saturated rings. The standard InChI is InChI=1S/C18H19N3O5/c1-4-26-16-8-6-13(9-17(16)25-3)11-19-20-18(22)14-7-5-12(2)15(10-14)21(23)24/h5-11H,4H2,1-3H3,(H,20,22)/b19-11+. The van der Waals surface area contributed by atoms with Crippen molar-refractivity contribution in [1.82, 2.24) is 5.43 Å². The van der Waals surface area contributed by atoms with Crippen LogP contribution in [0.3, 0.4) is 0 Å². The zero-order chi connectivity index (χ0) is 19.1. The Bertz CT molecular complexity index is 849. The predicted octanol–water partition coefficient (Wildman–Crippen LogP) is 3.07. The number of rotatable bonds is 7. The number of benzene rings is 2. The average molecular weight is 357 g/mol. The minimum atomic E-state index is -0.540. The molecular weight excluding hydrogens is 338 g/mol. The first-order valence-corrected chi connectivity index (χ1v) is 7.85. The fraction of sp³-hybridized carbons (Fsp3) is 0.222. The molecule has 2 aromatic rings. The van der Waals surface area contributed by atoms with Crippen molar-refractivity contribution in [1.29, 1.82) is 0 Å². The molecule has 0 radical (unpaired) electrons. The number of hydrogen-bond donors (Lipinski definition) is 1. The summed E-state index contributed by atoms with van der Waals surface area (Å²) < 4.78 is 10.7. The third-order valence-electron chi connectivity index (χ3n) is 3.54. The normalized spacial score (nSPS) is 10.6. The molecule has 26 heavy (non-hydrogen) atoms. The van der Waals surface area contributed by atoms with Crippen LogP contribution in [-0.2, 0) is 0 Å². The van der Waals surface area contributed by atoms with E-state index in [1.54, 1.807) is 25.1 Å². The first kappa shape index (κ1) is 18.9. The second-order valence-corrected chi connectivity index (χ2v) is 5.30. The van der Waals surface area contributed by atoms with Crippen molar-refractivity contribution in [2.45, 2.75) is 13.8 Å². The molecule has 2 rings (SSSR count). The fourth-order valence-electron chi connectivity index (χ4n) is 2.22. The lowest BCUT2D eigenvalue weighted by Crippen LogP contribution is -2.17. The van der Waals surface area contributed by atoms with Gasteiger partial charge in [-0.1, -0.05) is 6.07 Å². The van der Waals surface area contributed by atoms with E-state index in [9.17, 15) is 14.9 Å². The molecule has 1 amide bonds. The van der Waals surface area contributed by atoms with Gasteiger partial charge in [-0.15, -0.1) is 0 Å². The quantitative estimate of drug-likeness (QED) is 0.466. The number of nitrogens with one attached hydrogen (secondary N) is 1. The van der Waals surface area contributed by atoms with E-state index in [4.69, 9.17) is 9.47 Å². The van der Waals surface area contributed by atoms with Gasteiger partial charge in [0.05, 0.1) is 24.9 Å². The maximum atomic E-state index is 12.1. The van der Waals surface area contributed by atoms with Gasteiger partial charge in [-0.3, -0.25) is 14.9 Å². The molecule has 0 aliphatic rings. The van der Waals surface area contributed by atoms with Gasteiger partial charge in [0.2, 0.25) is 0 Å². The molecule has 0 atom stereocenters. The number of carbonyl (C=O) groups is 1. The van der Waals surface area contributed by atoms with Gasteiger partial charge in [-0.2, -0.15) is 5.10 Å². The first-order valence-electron chi connectivity index (χ1n) is 7.85. The molecule has 0 saturated carbocycles. The molecule has 0 bridgehead atoms. The zero-order valence-electron chi connectivity index (χ0n) is 14.7. The van der Waals surface area contributed by atoms with E-state index < -0.39 is 10.8 Å². The highest BCUT2D eigenvalue weighted by Gasteiger charge is 2.14. The molecule has 2 aromatic carbocycles. The van der Waals surface area contributed by atoms with Gasteiger partial charge in [-0.25, -0.2) is 5.43 Å². The number of aryl methyl sites for hydroxylation is 1. The Morgan fingerprint density at radius 1 is 1.27 bits per heavy atom. The van der Waals surface area contributed by atoms with Crippen molar-refractivity contribution in [3.8, 4) is 11.5 Å². The van der Waals surface area contributed by atoms with E-state index in [2.05, 4.69) is 10.5 Å². The molecule has 0 aromatic heterocycles. The van der Waals surface area contributed by atoms with Crippen LogP contribution < -0.4 is 14.9 Å². The summed E-state index contributed by atoms with van der Waals surface area (Å²) in [6, 6.07) is 9.48. The van der Waals surface area contributed by atoms with Gasteiger partial charge in [-0.05, 0) is 43.7 Å². The average Bonchev–Trinajstić information content (AvgIpc) is 2.63. The van der Waals surface area contributed by atoms with Gasteiger partial charge in [0.25, 0.3) is 11.6 Å². The smallest absolute Gasteiger partial charge is 0.273 e. The maximum absolute atomic E-state index is 12.1. The van der Waals surface area contributed by atoms with E-state index in [-0.39, 0.29) is 11.3 Å². The van der Waals surface area contributed by atoms with Gasteiger partial charge in [0.1, 0.15) is 0 Å². The highest BCUT2D eigenvalue weighted by atomic mass is 16.6. The summed E-state index contributed by atoms with van der Waals surface area (Å²) in [6.07, 6.45) is 1.44. The Morgan fingerprint density at radius 3 is 2.69 bits per heavy atom. The van der Waals surface area contributed by atoms with E-state index in [1.165, 1.54) is 31.5 Å². The van der Waals surface area contributed by atoms with Crippen molar-refractivity contribution in [2.24, 2.45) is 5.10 Å². The Kier molecular flexibility index (Phi) is 6.26. The van der Waals surface area contributed by atoms with E-state index >= 15 is 0 Å². The van der Waals surface area contributed by atoms with Crippen LogP contribution in [0.25, 0.3) is 0 Å². The van der Waals surface area contributed by atoms with Crippen LogP contribution in [0.4, 0.5) is 5.69 Å². The third-order valence-corrected chi connectivity index (χ3v) is 3.54. The van der Waals surface area contributed by atoms with Crippen LogP contribution in [0.1, 0.15) is 28.4 Å². The Balaban J connectivity index is 2.09. The highest BCUT2D eigenvalue weighted by molar-refractivity contribution is 5.95. The Labute approximate surface area is 150 Å². The molecule has 1 N–H and O–H groups in total. The largest absolute Gasteiger partial charge is 0.493 e. The number of nitro groups is 1. The number of ether oxygens (including phenoxy) is 2. The lowest BCUT2D eigenvalue weighted by Gasteiger charge is -2.09. The van der Waals surface area contributed by atoms with E-state index in [0.717, 1.165) is 0 Å². The van der Waals surface area contributed by atoms with Gasteiger partial charge >= 0.3 is 0 Å². The van der Waals surface area contributed by atoms with Crippen LogP contribution >= 0.6 is 0 Å². The third kappa shape index (κ3) is 4.56. The number of carbonyl (C=O) groups excluding carboxylic acids is 1. The fourth-order valence-corrected chi connectivity index (χ4v) is 2.22. The van der Waals surface area contributed by atoms with Crippen LogP contribution in [-0.4, -0.2) is 30.8 Å². The number of hydrogen-bond acceptors (Lipinski definition) is 6. The van der Waals surface area contributed by atoms with E-state index in [0.29, 0.717) is 29.2 Å². The summed E-state index contributed by atoms with van der Waals surface area (Å²) in [5.74, 6) is 0.627. The summed E-state index contributed by atoms with van der Waals surface area (Å²) in [7, 11) is 1.53. The summed E-state index contributed by atoms with van der Waals surface area (Å²) >= 11 is 0. The SMILES string of the molecule is CCOc1ccc(/C=N/NC(=O)c2ccc(C)c([N+](=O)[O-])c2)cc1OC. The molecular formula is C18H19N3O5. The second-order valence-electron chi connectivity index (χ2n) is 5.30. The van der Waals surface area contributed by atoms with Crippen LogP contribution in [0, 0.1) is 17.0 Å². The zero-order valence-corrected chi connectivity index (χ0v) is 14.7. The lowest BCUT2D eigenvalue weighted by molar-refractivity contribution is -0.385. The number of nitro benzene ring substituents is 1. The number of hydrazone groups is 1. The van der Waals surface area contributed by atoms with Crippen molar-refractivity contribution in [3.05, 3.63) is 63.2 Å².